The van der Waals surface area contributed by atoms with Gasteiger partial charge in [-0.3, -0.25) is 4.79 Å². The Hall–Kier alpha value is -2.50. The van der Waals surface area contributed by atoms with Gasteiger partial charge in [0.25, 0.3) is 0 Å². The zero-order valence-electron chi connectivity index (χ0n) is 17.0. The summed E-state index contributed by atoms with van der Waals surface area (Å²) in [6, 6.07) is 6.69. The minimum Gasteiger partial charge on any atom is -0.354 e. The van der Waals surface area contributed by atoms with E-state index >= 15 is 0 Å². The van der Waals surface area contributed by atoms with Gasteiger partial charge in [0.05, 0.1) is 0 Å². The molecule has 1 saturated heterocycles. The molecule has 0 N–H and O–H groups in total. The molecule has 6 heteroatoms. The maximum absolute atomic E-state index is 13.6. The summed E-state index contributed by atoms with van der Waals surface area (Å²) in [6.07, 6.45) is 2.99. The van der Waals surface area contributed by atoms with Crippen LogP contribution in [0, 0.1) is 19.7 Å². The Kier molecular flexibility index (Phi) is 6.60. The number of aromatic nitrogens is 2. The van der Waals surface area contributed by atoms with Crippen molar-refractivity contribution < 1.29 is 9.18 Å². The van der Waals surface area contributed by atoms with Gasteiger partial charge in [0.1, 0.15) is 17.5 Å². The van der Waals surface area contributed by atoms with Crippen LogP contribution in [0.2, 0.25) is 0 Å². The van der Waals surface area contributed by atoms with Gasteiger partial charge in [0.2, 0.25) is 5.91 Å². The van der Waals surface area contributed by atoms with Gasteiger partial charge in [0, 0.05) is 50.3 Å². The number of halogens is 1. The van der Waals surface area contributed by atoms with E-state index in [1.165, 1.54) is 6.07 Å². The lowest BCUT2D eigenvalue weighted by Gasteiger charge is -2.26. The molecular weight excluding hydrogens is 355 g/mol. The average Bonchev–Trinajstić information content (AvgIpc) is 2.90. The summed E-state index contributed by atoms with van der Waals surface area (Å²) < 4.78 is 13.6. The highest BCUT2D eigenvalue weighted by Crippen LogP contribution is 2.25. The number of carbonyl (C=O) groups excluding carboxylic acids is 1. The molecule has 3 rings (SSSR count). The number of hydrogen-bond acceptors (Lipinski definition) is 4. The second kappa shape index (κ2) is 9.13. The van der Waals surface area contributed by atoms with Crippen molar-refractivity contribution in [3.8, 4) is 0 Å². The third kappa shape index (κ3) is 4.86. The summed E-state index contributed by atoms with van der Waals surface area (Å²) in [7, 11) is 0. The first-order chi connectivity index (χ1) is 13.5. The van der Waals surface area contributed by atoms with E-state index in [0.29, 0.717) is 19.4 Å². The standard InChI is InChI=1S/C22H29FN4O/c1-4-7-21(28)26-10-6-11-27(13-12-26)22-20(16(2)24-17(3)25-22)15-18-8-5-9-19(23)14-18/h5,8-9,14H,4,6-7,10-13,15H2,1-3H3. The predicted molar refractivity (Wildman–Crippen MR) is 109 cm³/mol. The van der Waals surface area contributed by atoms with Gasteiger partial charge in [-0.25, -0.2) is 14.4 Å². The van der Waals surface area contributed by atoms with Gasteiger partial charge in [-0.1, -0.05) is 19.1 Å². The van der Waals surface area contributed by atoms with Crippen LogP contribution >= 0.6 is 0 Å². The fourth-order valence-electron chi connectivity index (χ4n) is 3.79. The zero-order chi connectivity index (χ0) is 20.1. The van der Waals surface area contributed by atoms with Gasteiger partial charge in [-0.2, -0.15) is 0 Å². The number of benzene rings is 1. The maximum atomic E-state index is 13.6. The lowest BCUT2D eigenvalue weighted by Crippen LogP contribution is -2.35. The third-order valence-corrected chi connectivity index (χ3v) is 5.19. The van der Waals surface area contributed by atoms with E-state index in [0.717, 1.165) is 60.9 Å². The van der Waals surface area contributed by atoms with E-state index in [4.69, 9.17) is 4.98 Å². The second-order valence-corrected chi connectivity index (χ2v) is 7.44. The molecule has 5 nitrogen and oxygen atoms in total. The topological polar surface area (TPSA) is 49.3 Å². The minimum atomic E-state index is -0.232. The second-order valence-electron chi connectivity index (χ2n) is 7.44. The van der Waals surface area contributed by atoms with Crippen LogP contribution in [0.1, 0.15) is 48.8 Å². The van der Waals surface area contributed by atoms with Crippen LogP contribution in [0.25, 0.3) is 0 Å². The Balaban J connectivity index is 1.85. The number of nitrogens with zero attached hydrogens (tertiary/aromatic N) is 4. The van der Waals surface area contributed by atoms with Crippen molar-refractivity contribution in [1.82, 2.24) is 14.9 Å². The van der Waals surface area contributed by atoms with Crippen LogP contribution in [0.5, 0.6) is 0 Å². The lowest BCUT2D eigenvalue weighted by atomic mass is 10.0. The molecule has 0 saturated carbocycles. The van der Waals surface area contributed by atoms with Crippen molar-refractivity contribution in [3.63, 3.8) is 0 Å². The van der Waals surface area contributed by atoms with Crippen molar-refractivity contribution in [2.45, 2.75) is 46.5 Å². The Bertz CT molecular complexity index is 839. The molecule has 0 unspecified atom stereocenters. The van der Waals surface area contributed by atoms with Gasteiger partial charge in [0.15, 0.2) is 0 Å². The first kappa shape index (κ1) is 20.2. The van der Waals surface area contributed by atoms with Crippen LogP contribution in [0.4, 0.5) is 10.2 Å². The molecule has 150 valence electrons. The molecule has 1 aromatic carbocycles. The van der Waals surface area contributed by atoms with Gasteiger partial charge in [-0.05, 0) is 44.4 Å². The van der Waals surface area contributed by atoms with Gasteiger partial charge >= 0.3 is 0 Å². The fourth-order valence-corrected chi connectivity index (χ4v) is 3.79. The fraction of sp³-hybridized carbons (Fsp3) is 0.500. The van der Waals surface area contributed by atoms with Crippen molar-refractivity contribution in [2.75, 3.05) is 31.1 Å². The van der Waals surface area contributed by atoms with E-state index < -0.39 is 0 Å². The van der Waals surface area contributed by atoms with Crippen LogP contribution in [-0.4, -0.2) is 47.0 Å². The molecule has 2 aromatic rings. The van der Waals surface area contributed by atoms with Crippen molar-refractivity contribution in [2.24, 2.45) is 0 Å². The highest BCUT2D eigenvalue weighted by molar-refractivity contribution is 5.76. The normalized spacial score (nSPS) is 14.9. The van der Waals surface area contributed by atoms with Crippen molar-refractivity contribution in [1.29, 1.82) is 0 Å². The predicted octanol–water partition coefficient (Wildman–Crippen LogP) is 3.66. The number of hydrogen-bond donors (Lipinski definition) is 0. The summed E-state index contributed by atoms with van der Waals surface area (Å²) >= 11 is 0. The molecule has 1 aliphatic rings. The molecule has 28 heavy (non-hydrogen) atoms. The summed E-state index contributed by atoms with van der Waals surface area (Å²) in [6.45, 7) is 9.02. The first-order valence-corrected chi connectivity index (χ1v) is 10.1. The van der Waals surface area contributed by atoms with E-state index in [2.05, 4.69) is 9.88 Å². The molecule has 1 aliphatic heterocycles. The average molecular weight is 384 g/mol. The van der Waals surface area contributed by atoms with E-state index in [-0.39, 0.29) is 11.7 Å². The van der Waals surface area contributed by atoms with E-state index in [1.54, 1.807) is 12.1 Å². The smallest absolute Gasteiger partial charge is 0.222 e. The minimum absolute atomic E-state index is 0.232. The van der Waals surface area contributed by atoms with Crippen LogP contribution in [0.3, 0.4) is 0 Å². The number of amides is 1. The first-order valence-electron chi connectivity index (χ1n) is 10.1. The molecular formula is C22H29FN4O. The molecule has 2 heterocycles. The molecule has 0 bridgehead atoms. The Labute approximate surface area is 166 Å². The number of anilines is 1. The van der Waals surface area contributed by atoms with Gasteiger partial charge in [-0.15, -0.1) is 0 Å². The van der Waals surface area contributed by atoms with E-state index in [9.17, 15) is 9.18 Å². The van der Waals surface area contributed by atoms with Crippen LogP contribution in [0.15, 0.2) is 24.3 Å². The molecule has 1 amide bonds. The highest BCUT2D eigenvalue weighted by atomic mass is 19.1. The third-order valence-electron chi connectivity index (χ3n) is 5.19. The van der Waals surface area contributed by atoms with Gasteiger partial charge < -0.3 is 9.80 Å². The molecule has 0 aliphatic carbocycles. The molecule has 1 aromatic heterocycles. The molecule has 0 atom stereocenters. The summed E-state index contributed by atoms with van der Waals surface area (Å²) in [4.78, 5) is 25.8. The van der Waals surface area contributed by atoms with Crippen LogP contribution < -0.4 is 4.90 Å². The largest absolute Gasteiger partial charge is 0.354 e. The molecule has 1 fully saturated rings. The number of rotatable bonds is 5. The SMILES string of the molecule is CCCC(=O)N1CCCN(c2nc(C)nc(C)c2Cc2cccc(F)c2)CC1. The Morgan fingerprint density at radius 3 is 2.71 bits per heavy atom. The summed E-state index contributed by atoms with van der Waals surface area (Å²) in [5.41, 5.74) is 2.87. The number of carbonyl (C=O) groups is 1. The van der Waals surface area contributed by atoms with E-state index in [1.807, 2.05) is 31.7 Å². The quantitative estimate of drug-likeness (QED) is 0.789. The highest BCUT2D eigenvalue weighted by Gasteiger charge is 2.22. The zero-order valence-corrected chi connectivity index (χ0v) is 17.0. The van der Waals surface area contributed by atoms with Crippen LogP contribution in [-0.2, 0) is 11.2 Å². The van der Waals surface area contributed by atoms with Crippen molar-refractivity contribution in [3.05, 3.63) is 52.7 Å². The lowest BCUT2D eigenvalue weighted by molar-refractivity contribution is -0.131. The monoisotopic (exact) mass is 384 g/mol. The summed E-state index contributed by atoms with van der Waals surface area (Å²) in [5, 5.41) is 0. The van der Waals surface area contributed by atoms with Crippen molar-refractivity contribution >= 4 is 11.7 Å². The maximum Gasteiger partial charge on any atom is 0.222 e. The molecule has 0 spiro atoms. The Morgan fingerprint density at radius 2 is 1.96 bits per heavy atom. The summed E-state index contributed by atoms with van der Waals surface area (Å²) in [5.74, 6) is 1.65. The molecule has 0 radical (unpaired) electrons. The Morgan fingerprint density at radius 1 is 1.14 bits per heavy atom. The number of aryl methyl sites for hydroxylation is 2.